The maximum Gasteiger partial charge on any atom is 0.0486 e. The molecule has 1 saturated heterocycles. The molecule has 0 radical (unpaired) electrons. The van der Waals surface area contributed by atoms with Gasteiger partial charge in [-0.25, -0.2) is 0 Å². The van der Waals surface area contributed by atoms with E-state index in [1.165, 1.54) is 0 Å². The van der Waals surface area contributed by atoms with Gasteiger partial charge >= 0.3 is 0 Å². The SMILES string of the molecule is CN1CCN(C(CN)c2ccc(Br)cc2Cl)CC1(C)C. The highest BCUT2D eigenvalue weighted by molar-refractivity contribution is 9.10. The smallest absolute Gasteiger partial charge is 0.0486 e. The molecule has 1 aromatic rings. The van der Waals surface area contributed by atoms with Gasteiger partial charge in [0.25, 0.3) is 0 Å². The minimum atomic E-state index is 0.160. The number of hydrogen-bond acceptors (Lipinski definition) is 3. The molecule has 20 heavy (non-hydrogen) atoms. The van der Waals surface area contributed by atoms with E-state index in [9.17, 15) is 0 Å². The van der Waals surface area contributed by atoms with E-state index in [4.69, 9.17) is 17.3 Å². The highest BCUT2D eigenvalue weighted by Crippen LogP contribution is 2.32. The zero-order valence-corrected chi connectivity index (χ0v) is 14.7. The van der Waals surface area contributed by atoms with Gasteiger partial charge in [-0.15, -0.1) is 0 Å². The van der Waals surface area contributed by atoms with Crippen molar-refractivity contribution in [1.82, 2.24) is 9.80 Å². The van der Waals surface area contributed by atoms with Gasteiger partial charge in [0, 0.05) is 47.3 Å². The van der Waals surface area contributed by atoms with Crippen LogP contribution in [-0.4, -0.2) is 48.6 Å². The zero-order chi connectivity index (χ0) is 14.9. The molecule has 1 heterocycles. The Bertz CT molecular complexity index is 478. The molecule has 1 aliphatic rings. The van der Waals surface area contributed by atoms with E-state index in [1.54, 1.807) is 0 Å². The molecule has 0 saturated carbocycles. The number of rotatable bonds is 3. The Morgan fingerprint density at radius 1 is 1.40 bits per heavy atom. The third kappa shape index (κ3) is 3.37. The van der Waals surface area contributed by atoms with Gasteiger partial charge in [0.15, 0.2) is 0 Å². The van der Waals surface area contributed by atoms with Gasteiger partial charge in [0.05, 0.1) is 0 Å². The van der Waals surface area contributed by atoms with Crippen LogP contribution in [-0.2, 0) is 0 Å². The summed E-state index contributed by atoms with van der Waals surface area (Å²) < 4.78 is 1.00. The monoisotopic (exact) mass is 359 g/mol. The van der Waals surface area contributed by atoms with Gasteiger partial charge in [-0.1, -0.05) is 33.6 Å². The number of nitrogens with zero attached hydrogens (tertiary/aromatic N) is 2. The quantitative estimate of drug-likeness (QED) is 0.899. The van der Waals surface area contributed by atoms with Crippen LogP contribution in [0.25, 0.3) is 0 Å². The first-order chi connectivity index (χ1) is 9.35. The molecule has 3 nitrogen and oxygen atoms in total. The van der Waals surface area contributed by atoms with Crippen molar-refractivity contribution in [2.24, 2.45) is 5.73 Å². The molecule has 0 aliphatic carbocycles. The number of piperazine rings is 1. The van der Waals surface area contributed by atoms with Crippen molar-refractivity contribution in [3.8, 4) is 0 Å². The number of hydrogen-bond donors (Lipinski definition) is 1. The van der Waals surface area contributed by atoms with Crippen molar-refractivity contribution < 1.29 is 0 Å². The first kappa shape index (κ1) is 16.2. The Labute approximate surface area is 135 Å². The second kappa shape index (κ2) is 6.32. The lowest BCUT2D eigenvalue weighted by molar-refractivity contribution is 0.0180. The van der Waals surface area contributed by atoms with Crippen LogP contribution in [0.15, 0.2) is 22.7 Å². The van der Waals surface area contributed by atoms with E-state index in [2.05, 4.69) is 52.7 Å². The van der Waals surface area contributed by atoms with Crippen LogP contribution < -0.4 is 5.73 Å². The van der Waals surface area contributed by atoms with Gasteiger partial charge in [-0.3, -0.25) is 9.80 Å². The highest BCUT2D eigenvalue weighted by Gasteiger charge is 2.34. The Morgan fingerprint density at radius 2 is 2.10 bits per heavy atom. The number of halogens is 2. The molecule has 0 amide bonds. The van der Waals surface area contributed by atoms with E-state index in [0.29, 0.717) is 6.54 Å². The fourth-order valence-electron chi connectivity index (χ4n) is 2.79. The maximum atomic E-state index is 6.40. The average Bonchev–Trinajstić information content (AvgIpc) is 2.36. The van der Waals surface area contributed by atoms with Crippen LogP contribution >= 0.6 is 27.5 Å². The number of benzene rings is 1. The summed E-state index contributed by atoms with van der Waals surface area (Å²) in [4.78, 5) is 4.86. The fraction of sp³-hybridized carbons (Fsp3) is 0.600. The van der Waals surface area contributed by atoms with Crippen molar-refractivity contribution in [2.45, 2.75) is 25.4 Å². The van der Waals surface area contributed by atoms with Crippen LogP contribution in [0.4, 0.5) is 0 Å². The average molecular weight is 361 g/mol. The predicted octanol–water partition coefficient (Wildman–Crippen LogP) is 3.13. The third-order valence-corrected chi connectivity index (χ3v) is 5.15. The molecule has 0 bridgehead atoms. The van der Waals surface area contributed by atoms with Crippen molar-refractivity contribution in [1.29, 1.82) is 0 Å². The molecule has 112 valence electrons. The predicted molar refractivity (Wildman–Crippen MR) is 89.2 cm³/mol. The van der Waals surface area contributed by atoms with Gasteiger partial charge < -0.3 is 5.73 Å². The lowest BCUT2D eigenvalue weighted by Gasteiger charge is -2.48. The van der Waals surface area contributed by atoms with E-state index < -0.39 is 0 Å². The Balaban J connectivity index is 2.24. The molecule has 2 N–H and O–H groups in total. The molecule has 0 spiro atoms. The first-order valence-electron chi connectivity index (χ1n) is 6.95. The molecule has 5 heteroatoms. The lowest BCUT2D eigenvalue weighted by atomic mass is 9.96. The van der Waals surface area contributed by atoms with E-state index in [-0.39, 0.29) is 11.6 Å². The van der Waals surface area contributed by atoms with Crippen molar-refractivity contribution in [2.75, 3.05) is 33.2 Å². The van der Waals surface area contributed by atoms with Crippen LogP contribution in [0.1, 0.15) is 25.5 Å². The van der Waals surface area contributed by atoms with Crippen LogP contribution in [0.3, 0.4) is 0 Å². The van der Waals surface area contributed by atoms with E-state index >= 15 is 0 Å². The molecular weight excluding hydrogens is 338 g/mol. The molecular formula is C15H23BrClN3. The number of nitrogens with two attached hydrogens (primary N) is 1. The molecule has 1 fully saturated rings. The molecule has 0 aromatic heterocycles. The summed E-state index contributed by atoms with van der Waals surface area (Å²) in [6.45, 7) is 8.20. The van der Waals surface area contributed by atoms with Gasteiger partial charge in [-0.2, -0.15) is 0 Å². The van der Waals surface area contributed by atoms with E-state index in [1.807, 2.05) is 12.1 Å². The normalized spacial score (nSPS) is 21.9. The van der Waals surface area contributed by atoms with Gasteiger partial charge in [0.2, 0.25) is 0 Å². The second-order valence-electron chi connectivity index (χ2n) is 6.12. The van der Waals surface area contributed by atoms with Crippen molar-refractivity contribution >= 4 is 27.5 Å². The van der Waals surface area contributed by atoms with Gasteiger partial charge in [0.1, 0.15) is 0 Å². The molecule has 2 rings (SSSR count). The minimum Gasteiger partial charge on any atom is -0.329 e. The summed E-state index contributed by atoms with van der Waals surface area (Å²) in [6.07, 6.45) is 0. The molecule has 1 unspecified atom stereocenters. The standard InChI is InChI=1S/C15H23BrClN3/c1-15(2)10-20(7-6-19(15)3)14(9-18)12-5-4-11(16)8-13(12)17/h4-5,8,14H,6-7,9-10,18H2,1-3H3. The fourth-order valence-corrected chi connectivity index (χ4v) is 3.59. The summed E-state index contributed by atoms with van der Waals surface area (Å²) in [5, 5.41) is 0.784. The Kier molecular flexibility index (Phi) is 5.14. The molecule has 1 atom stereocenters. The first-order valence-corrected chi connectivity index (χ1v) is 8.12. The molecule has 1 aliphatic heterocycles. The second-order valence-corrected chi connectivity index (χ2v) is 7.44. The number of likely N-dealkylation sites (N-methyl/N-ethyl adjacent to an activating group) is 1. The van der Waals surface area contributed by atoms with Crippen LogP contribution in [0, 0.1) is 0 Å². The molecule has 1 aromatic carbocycles. The Morgan fingerprint density at radius 3 is 2.65 bits per heavy atom. The summed E-state index contributed by atoms with van der Waals surface area (Å²) in [5.74, 6) is 0. The summed E-state index contributed by atoms with van der Waals surface area (Å²) in [7, 11) is 2.18. The van der Waals surface area contributed by atoms with Crippen molar-refractivity contribution in [3.63, 3.8) is 0 Å². The maximum absolute atomic E-state index is 6.40. The lowest BCUT2D eigenvalue weighted by Crippen LogP contribution is -2.58. The highest BCUT2D eigenvalue weighted by atomic mass is 79.9. The summed E-state index contributed by atoms with van der Waals surface area (Å²) >= 11 is 9.85. The van der Waals surface area contributed by atoms with Crippen molar-refractivity contribution in [3.05, 3.63) is 33.3 Å². The minimum absolute atomic E-state index is 0.160. The van der Waals surface area contributed by atoms with E-state index in [0.717, 1.165) is 34.7 Å². The summed E-state index contributed by atoms with van der Waals surface area (Å²) in [6, 6.07) is 6.24. The Hall–Kier alpha value is -0.130. The van der Waals surface area contributed by atoms with Gasteiger partial charge in [-0.05, 0) is 38.6 Å². The topological polar surface area (TPSA) is 32.5 Å². The third-order valence-electron chi connectivity index (χ3n) is 4.33. The zero-order valence-electron chi connectivity index (χ0n) is 12.4. The largest absolute Gasteiger partial charge is 0.329 e. The van der Waals surface area contributed by atoms with Crippen LogP contribution in [0.5, 0.6) is 0 Å². The summed E-state index contributed by atoms with van der Waals surface area (Å²) in [5.41, 5.74) is 7.32. The van der Waals surface area contributed by atoms with Crippen LogP contribution in [0.2, 0.25) is 5.02 Å².